The molecule has 0 aromatic heterocycles. The van der Waals surface area contributed by atoms with Crippen LogP contribution in [0.5, 0.6) is 5.75 Å². The number of benzene rings is 2. The molecule has 1 unspecified atom stereocenters. The Bertz CT molecular complexity index is 863. The minimum absolute atomic E-state index is 0.229. The number of nitrogens with zero attached hydrogens (tertiary/aromatic N) is 1. The van der Waals surface area contributed by atoms with Crippen LogP contribution >= 0.6 is 12.2 Å². The number of thiocarbonyl (C=S) groups is 1. The van der Waals surface area contributed by atoms with Crippen LogP contribution in [0.25, 0.3) is 0 Å². The van der Waals surface area contributed by atoms with Crippen LogP contribution in [0.1, 0.15) is 34.3 Å². The van der Waals surface area contributed by atoms with Crippen LogP contribution in [0.4, 0.5) is 0 Å². The van der Waals surface area contributed by atoms with Crippen LogP contribution in [0.15, 0.2) is 53.6 Å². The van der Waals surface area contributed by atoms with E-state index in [2.05, 4.69) is 20.6 Å². The first-order valence-electron chi connectivity index (χ1n) is 9.72. The summed E-state index contributed by atoms with van der Waals surface area (Å²) in [4.78, 5) is 11.5. The summed E-state index contributed by atoms with van der Waals surface area (Å²) in [5.74, 6) is 0.388. The minimum Gasteiger partial charge on any atom is -0.489 e. The number of nitrogens with one attached hydrogen (secondary N) is 2. The maximum absolute atomic E-state index is 11.5. The third-order valence-corrected chi connectivity index (χ3v) is 4.79. The molecule has 30 heavy (non-hydrogen) atoms. The first-order valence-corrected chi connectivity index (χ1v) is 10.1. The van der Waals surface area contributed by atoms with Gasteiger partial charge in [-0.2, -0.15) is 5.10 Å². The molecule has 2 N–H and O–H groups in total. The van der Waals surface area contributed by atoms with Crippen molar-refractivity contribution in [1.82, 2.24) is 10.7 Å². The minimum atomic E-state index is -0.353. The fourth-order valence-corrected chi connectivity index (χ4v) is 3.02. The Kier molecular flexibility index (Phi) is 8.17. The van der Waals surface area contributed by atoms with Gasteiger partial charge in [0, 0.05) is 13.2 Å². The van der Waals surface area contributed by atoms with Crippen molar-refractivity contribution in [3.05, 3.63) is 65.2 Å². The number of carbonyl (C=O) groups excluding carboxylic acids is 1. The Morgan fingerprint density at radius 3 is 2.67 bits per heavy atom. The summed E-state index contributed by atoms with van der Waals surface area (Å²) in [6.45, 7) is 1.92. The van der Waals surface area contributed by atoms with E-state index in [0.717, 1.165) is 36.3 Å². The van der Waals surface area contributed by atoms with Crippen LogP contribution in [0.2, 0.25) is 0 Å². The predicted octanol–water partition coefficient (Wildman–Crippen LogP) is 3.03. The lowest BCUT2D eigenvalue weighted by molar-refractivity contribution is 0.0600. The van der Waals surface area contributed by atoms with Gasteiger partial charge in [0.15, 0.2) is 5.11 Å². The molecule has 1 fully saturated rings. The van der Waals surface area contributed by atoms with Crippen molar-refractivity contribution in [2.75, 3.05) is 20.3 Å². The van der Waals surface area contributed by atoms with Crippen LogP contribution in [-0.4, -0.2) is 43.7 Å². The van der Waals surface area contributed by atoms with Gasteiger partial charge in [0.25, 0.3) is 0 Å². The summed E-state index contributed by atoms with van der Waals surface area (Å²) in [6.07, 6.45) is 4.08. The van der Waals surface area contributed by atoms with Gasteiger partial charge < -0.3 is 19.5 Å². The molecule has 8 heteroatoms. The van der Waals surface area contributed by atoms with E-state index < -0.39 is 0 Å². The summed E-state index contributed by atoms with van der Waals surface area (Å²) in [6, 6.07) is 14.7. The molecule has 0 radical (unpaired) electrons. The lowest BCUT2D eigenvalue weighted by Gasteiger charge is -2.11. The molecule has 158 valence electrons. The smallest absolute Gasteiger partial charge is 0.337 e. The molecule has 2 aromatic carbocycles. The molecule has 0 amide bonds. The van der Waals surface area contributed by atoms with Gasteiger partial charge in [0.1, 0.15) is 12.4 Å². The number of esters is 1. The highest BCUT2D eigenvalue weighted by molar-refractivity contribution is 7.80. The molecule has 0 aliphatic carbocycles. The molecule has 1 saturated heterocycles. The van der Waals surface area contributed by atoms with Crippen molar-refractivity contribution < 1.29 is 19.0 Å². The zero-order valence-electron chi connectivity index (χ0n) is 16.8. The molecule has 2 aromatic rings. The molecular weight excluding hydrogens is 402 g/mol. The summed E-state index contributed by atoms with van der Waals surface area (Å²) < 4.78 is 16.0. The van der Waals surface area contributed by atoms with E-state index in [1.165, 1.54) is 7.11 Å². The van der Waals surface area contributed by atoms with E-state index >= 15 is 0 Å². The lowest BCUT2D eigenvalue weighted by Crippen LogP contribution is -2.37. The van der Waals surface area contributed by atoms with Crippen molar-refractivity contribution in [3.8, 4) is 5.75 Å². The monoisotopic (exact) mass is 427 g/mol. The van der Waals surface area contributed by atoms with E-state index in [-0.39, 0.29) is 12.1 Å². The third-order valence-electron chi connectivity index (χ3n) is 4.55. The molecule has 0 spiro atoms. The molecule has 1 heterocycles. The molecular formula is C22H25N3O4S. The van der Waals surface area contributed by atoms with Crippen LogP contribution in [-0.2, 0) is 16.1 Å². The Hall–Kier alpha value is -2.97. The second-order valence-electron chi connectivity index (χ2n) is 6.76. The zero-order chi connectivity index (χ0) is 21.2. The molecule has 7 nitrogen and oxygen atoms in total. The standard InChI is InChI=1S/C22H25N3O4S/c1-27-21(26)18-8-4-17(5-9-18)15-29-19-10-6-16(7-11-19)13-24-25-22(30)23-14-20-3-2-12-28-20/h4-11,13,20H,2-3,12,14-15H2,1H3,(H2,23,25,30)/b24-13+. The molecule has 0 bridgehead atoms. The number of ether oxygens (including phenoxy) is 3. The normalized spacial score (nSPS) is 15.7. The average molecular weight is 428 g/mol. The summed E-state index contributed by atoms with van der Waals surface area (Å²) in [7, 11) is 1.36. The van der Waals surface area contributed by atoms with Crippen LogP contribution < -0.4 is 15.5 Å². The number of methoxy groups -OCH3 is 1. The van der Waals surface area contributed by atoms with E-state index in [1.54, 1.807) is 18.3 Å². The maximum Gasteiger partial charge on any atom is 0.337 e. The van der Waals surface area contributed by atoms with E-state index in [1.807, 2.05) is 36.4 Å². The van der Waals surface area contributed by atoms with E-state index in [4.69, 9.17) is 21.7 Å². The molecule has 1 aliphatic rings. The van der Waals surface area contributed by atoms with Crippen molar-refractivity contribution >= 4 is 29.5 Å². The fraction of sp³-hybridized carbons (Fsp3) is 0.318. The van der Waals surface area contributed by atoms with Crippen molar-refractivity contribution in [1.29, 1.82) is 0 Å². The molecule has 1 atom stereocenters. The predicted molar refractivity (Wildman–Crippen MR) is 119 cm³/mol. The Morgan fingerprint density at radius 2 is 2.00 bits per heavy atom. The van der Waals surface area contributed by atoms with E-state index in [9.17, 15) is 4.79 Å². The van der Waals surface area contributed by atoms with Crippen molar-refractivity contribution in [3.63, 3.8) is 0 Å². The number of hydrazone groups is 1. The van der Waals surface area contributed by atoms with Gasteiger partial charge in [0.05, 0.1) is 25.0 Å². The van der Waals surface area contributed by atoms with Gasteiger partial charge in [-0.15, -0.1) is 0 Å². The Morgan fingerprint density at radius 1 is 1.23 bits per heavy atom. The molecule has 1 aliphatic heterocycles. The fourth-order valence-electron chi connectivity index (χ4n) is 2.89. The molecule has 0 saturated carbocycles. The number of rotatable bonds is 8. The van der Waals surface area contributed by atoms with E-state index in [0.29, 0.717) is 23.8 Å². The number of hydrogen-bond donors (Lipinski definition) is 2. The summed E-state index contributed by atoms with van der Waals surface area (Å²) in [5.41, 5.74) is 5.19. The quantitative estimate of drug-likeness (QED) is 0.290. The van der Waals surface area contributed by atoms with Gasteiger partial charge >= 0.3 is 5.97 Å². The highest BCUT2D eigenvalue weighted by Crippen LogP contribution is 2.14. The van der Waals surface area contributed by atoms with Gasteiger partial charge in [-0.3, -0.25) is 5.43 Å². The van der Waals surface area contributed by atoms with Gasteiger partial charge in [0.2, 0.25) is 0 Å². The highest BCUT2D eigenvalue weighted by Gasteiger charge is 2.15. The van der Waals surface area contributed by atoms with Crippen LogP contribution in [0, 0.1) is 0 Å². The van der Waals surface area contributed by atoms with Gasteiger partial charge in [-0.05, 0) is 72.6 Å². The lowest BCUT2D eigenvalue weighted by atomic mass is 10.1. The number of carbonyl (C=O) groups is 1. The molecule has 3 rings (SSSR count). The second-order valence-corrected chi connectivity index (χ2v) is 7.17. The number of hydrogen-bond acceptors (Lipinski definition) is 6. The second kappa shape index (κ2) is 11.3. The van der Waals surface area contributed by atoms with Gasteiger partial charge in [-0.25, -0.2) is 4.79 Å². The van der Waals surface area contributed by atoms with Crippen molar-refractivity contribution in [2.24, 2.45) is 5.10 Å². The summed E-state index contributed by atoms with van der Waals surface area (Å²) >= 11 is 5.20. The largest absolute Gasteiger partial charge is 0.489 e. The zero-order valence-corrected chi connectivity index (χ0v) is 17.6. The topological polar surface area (TPSA) is 81.2 Å². The van der Waals surface area contributed by atoms with Crippen molar-refractivity contribution in [2.45, 2.75) is 25.6 Å². The average Bonchev–Trinajstić information content (AvgIpc) is 3.31. The maximum atomic E-state index is 11.5. The van der Waals surface area contributed by atoms with Gasteiger partial charge in [-0.1, -0.05) is 12.1 Å². The summed E-state index contributed by atoms with van der Waals surface area (Å²) in [5, 5.41) is 7.71. The Balaban J connectivity index is 1.40. The highest BCUT2D eigenvalue weighted by atomic mass is 32.1. The SMILES string of the molecule is COC(=O)c1ccc(COc2ccc(/C=N/NC(=S)NCC3CCCO3)cc2)cc1. The van der Waals surface area contributed by atoms with Crippen LogP contribution in [0.3, 0.4) is 0 Å². The third kappa shape index (κ3) is 6.82. The first-order chi connectivity index (χ1) is 14.6. The Labute approximate surface area is 181 Å². The first kappa shape index (κ1) is 21.7.